The van der Waals surface area contributed by atoms with Crippen LogP contribution in [-0.4, -0.2) is 56.5 Å². The number of unbranched alkanes of at least 4 members (excludes halogenated alkanes) is 1. The predicted octanol–water partition coefficient (Wildman–Crippen LogP) is -0.348. The summed E-state index contributed by atoms with van der Waals surface area (Å²) in [5.74, 6) is -0.0815. The van der Waals surface area contributed by atoms with Gasteiger partial charge < -0.3 is 10.0 Å². The van der Waals surface area contributed by atoms with Gasteiger partial charge in [-0.25, -0.2) is 8.42 Å². The quantitative estimate of drug-likeness (QED) is 0.614. The van der Waals surface area contributed by atoms with E-state index in [0.717, 1.165) is 6.26 Å². The zero-order valence-electron chi connectivity index (χ0n) is 9.27. The van der Waals surface area contributed by atoms with Crippen molar-refractivity contribution in [3.05, 3.63) is 0 Å². The molecule has 15 heavy (non-hydrogen) atoms. The van der Waals surface area contributed by atoms with Crippen molar-refractivity contribution in [3.8, 4) is 0 Å². The van der Waals surface area contributed by atoms with Crippen LogP contribution < -0.4 is 0 Å². The normalized spacial score (nSPS) is 11.4. The highest BCUT2D eigenvalue weighted by molar-refractivity contribution is 7.90. The first kappa shape index (κ1) is 14.4. The lowest BCUT2D eigenvalue weighted by atomic mass is 10.2. The van der Waals surface area contributed by atoms with Crippen LogP contribution in [0.1, 0.15) is 19.3 Å². The highest BCUT2D eigenvalue weighted by Crippen LogP contribution is 1.99. The van der Waals surface area contributed by atoms with Crippen LogP contribution in [0.15, 0.2) is 0 Å². The molecule has 5 nitrogen and oxygen atoms in total. The van der Waals surface area contributed by atoms with Crippen LogP contribution in [0.3, 0.4) is 0 Å². The summed E-state index contributed by atoms with van der Waals surface area (Å²) >= 11 is 0. The average Bonchev–Trinajstić information content (AvgIpc) is 2.13. The first-order valence-electron chi connectivity index (χ1n) is 4.89. The van der Waals surface area contributed by atoms with Gasteiger partial charge >= 0.3 is 0 Å². The lowest BCUT2D eigenvalue weighted by Crippen LogP contribution is -2.31. The van der Waals surface area contributed by atoms with E-state index in [1.807, 2.05) is 0 Å². The number of hydrogen-bond donors (Lipinski definition) is 1. The molecule has 0 unspecified atom stereocenters. The van der Waals surface area contributed by atoms with Gasteiger partial charge in [-0.2, -0.15) is 0 Å². The van der Waals surface area contributed by atoms with Crippen LogP contribution in [0.4, 0.5) is 0 Å². The van der Waals surface area contributed by atoms with E-state index in [1.54, 1.807) is 7.05 Å². The summed E-state index contributed by atoms with van der Waals surface area (Å²) in [6, 6.07) is 0. The van der Waals surface area contributed by atoms with Crippen molar-refractivity contribution in [1.29, 1.82) is 0 Å². The number of aliphatic hydroxyl groups is 1. The minimum Gasteiger partial charge on any atom is -0.396 e. The second-order valence-electron chi connectivity index (χ2n) is 3.63. The number of carbonyl (C=O) groups excluding carboxylic acids is 1. The number of sulfone groups is 1. The Bertz CT molecular complexity index is 286. The minimum absolute atomic E-state index is 0.00472. The van der Waals surface area contributed by atoms with Gasteiger partial charge in [-0.05, 0) is 12.8 Å². The molecule has 0 radical (unpaired) electrons. The molecule has 0 spiro atoms. The molecular formula is C9H19NO4S. The van der Waals surface area contributed by atoms with Gasteiger partial charge in [0.25, 0.3) is 0 Å². The van der Waals surface area contributed by atoms with Gasteiger partial charge in [0, 0.05) is 32.9 Å². The lowest BCUT2D eigenvalue weighted by molar-refractivity contribution is -0.129. The molecule has 0 fully saturated rings. The van der Waals surface area contributed by atoms with Gasteiger partial charge in [0.1, 0.15) is 9.84 Å². The molecular weight excluding hydrogens is 218 g/mol. The van der Waals surface area contributed by atoms with Gasteiger partial charge in [-0.3, -0.25) is 4.79 Å². The fourth-order valence-corrected chi connectivity index (χ4v) is 1.61. The molecule has 0 bridgehead atoms. The smallest absolute Gasteiger partial charge is 0.222 e. The van der Waals surface area contributed by atoms with Crippen molar-refractivity contribution < 1.29 is 18.3 Å². The summed E-state index contributed by atoms with van der Waals surface area (Å²) in [7, 11) is -1.42. The van der Waals surface area contributed by atoms with Crippen LogP contribution in [0.5, 0.6) is 0 Å². The Balaban J connectivity index is 3.79. The van der Waals surface area contributed by atoms with Crippen molar-refractivity contribution in [2.24, 2.45) is 0 Å². The zero-order valence-corrected chi connectivity index (χ0v) is 10.1. The van der Waals surface area contributed by atoms with Crippen LogP contribution in [0.2, 0.25) is 0 Å². The molecule has 0 atom stereocenters. The van der Waals surface area contributed by atoms with E-state index in [1.165, 1.54) is 4.90 Å². The first-order chi connectivity index (χ1) is 6.87. The van der Waals surface area contributed by atoms with E-state index in [4.69, 9.17) is 5.11 Å². The van der Waals surface area contributed by atoms with Crippen molar-refractivity contribution in [2.45, 2.75) is 19.3 Å². The van der Waals surface area contributed by atoms with Gasteiger partial charge in [0.2, 0.25) is 5.91 Å². The molecule has 0 aliphatic heterocycles. The number of hydrogen-bond acceptors (Lipinski definition) is 4. The molecule has 0 aliphatic rings. The molecule has 0 saturated carbocycles. The van der Waals surface area contributed by atoms with Gasteiger partial charge in [-0.1, -0.05) is 0 Å². The molecule has 0 aliphatic carbocycles. The number of carbonyl (C=O) groups is 1. The first-order valence-corrected chi connectivity index (χ1v) is 6.95. The van der Waals surface area contributed by atoms with Crippen LogP contribution in [0.25, 0.3) is 0 Å². The molecule has 90 valence electrons. The SMILES string of the molecule is CN(CCS(C)(=O)=O)C(=O)CCCCO. The summed E-state index contributed by atoms with van der Waals surface area (Å²) in [5.41, 5.74) is 0. The maximum atomic E-state index is 11.4. The Kier molecular flexibility index (Phi) is 6.51. The van der Waals surface area contributed by atoms with Crippen molar-refractivity contribution in [2.75, 3.05) is 32.2 Å². The predicted molar refractivity (Wildman–Crippen MR) is 58.3 cm³/mol. The van der Waals surface area contributed by atoms with Crippen LogP contribution in [-0.2, 0) is 14.6 Å². The van der Waals surface area contributed by atoms with Crippen LogP contribution >= 0.6 is 0 Å². The topological polar surface area (TPSA) is 74.7 Å². The second-order valence-corrected chi connectivity index (χ2v) is 5.89. The largest absolute Gasteiger partial charge is 0.396 e. The summed E-state index contributed by atoms with van der Waals surface area (Å²) in [6.07, 6.45) is 2.75. The van der Waals surface area contributed by atoms with Gasteiger partial charge in [-0.15, -0.1) is 0 Å². The Labute approximate surface area is 91.0 Å². The minimum atomic E-state index is -3.01. The number of rotatable bonds is 7. The van der Waals surface area contributed by atoms with Crippen LogP contribution in [0, 0.1) is 0 Å². The van der Waals surface area contributed by atoms with Gasteiger partial charge in [0.15, 0.2) is 0 Å². The van der Waals surface area contributed by atoms with Gasteiger partial charge in [0.05, 0.1) is 5.75 Å². The number of aliphatic hydroxyl groups excluding tert-OH is 1. The van der Waals surface area contributed by atoms with Crippen molar-refractivity contribution in [1.82, 2.24) is 4.90 Å². The van der Waals surface area contributed by atoms with E-state index in [-0.39, 0.29) is 24.8 Å². The summed E-state index contributed by atoms with van der Waals surface area (Å²) in [5, 5.41) is 8.52. The number of amides is 1. The average molecular weight is 237 g/mol. The van der Waals surface area contributed by atoms with E-state index in [9.17, 15) is 13.2 Å². The molecule has 0 heterocycles. The van der Waals surface area contributed by atoms with Crippen molar-refractivity contribution in [3.63, 3.8) is 0 Å². The number of nitrogens with zero attached hydrogens (tertiary/aromatic N) is 1. The summed E-state index contributed by atoms with van der Waals surface area (Å²) in [6.45, 7) is 0.317. The molecule has 6 heteroatoms. The third-order valence-corrected chi connectivity index (χ3v) is 2.95. The third-order valence-electron chi connectivity index (χ3n) is 2.02. The highest BCUT2D eigenvalue weighted by atomic mass is 32.2. The molecule has 0 saturated heterocycles. The highest BCUT2D eigenvalue weighted by Gasteiger charge is 2.10. The Morgan fingerprint density at radius 2 is 1.93 bits per heavy atom. The monoisotopic (exact) mass is 237 g/mol. The van der Waals surface area contributed by atoms with E-state index >= 15 is 0 Å². The maximum Gasteiger partial charge on any atom is 0.222 e. The fourth-order valence-electron chi connectivity index (χ4n) is 1.01. The maximum absolute atomic E-state index is 11.4. The Morgan fingerprint density at radius 3 is 2.40 bits per heavy atom. The molecule has 0 aromatic rings. The fraction of sp³-hybridized carbons (Fsp3) is 0.889. The second kappa shape index (κ2) is 6.79. The summed E-state index contributed by atoms with van der Waals surface area (Å²) in [4.78, 5) is 12.8. The van der Waals surface area contributed by atoms with Crippen molar-refractivity contribution >= 4 is 15.7 Å². The zero-order chi connectivity index (χ0) is 11.9. The lowest BCUT2D eigenvalue weighted by Gasteiger charge is -2.16. The van der Waals surface area contributed by atoms with E-state index in [2.05, 4.69) is 0 Å². The van der Waals surface area contributed by atoms with E-state index in [0.29, 0.717) is 19.3 Å². The molecule has 0 rings (SSSR count). The third kappa shape index (κ3) is 8.38. The molecule has 1 N–H and O–H groups in total. The standard InChI is InChI=1S/C9H19NO4S/c1-10(6-8-15(2,13)14)9(12)5-3-4-7-11/h11H,3-8H2,1-2H3. The molecule has 0 aromatic carbocycles. The molecule has 0 aromatic heterocycles. The Morgan fingerprint density at radius 1 is 1.33 bits per heavy atom. The summed E-state index contributed by atoms with van der Waals surface area (Å²) < 4.78 is 21.7. The Hall–Kier alpha value is -0.620. The molecule has 1 amide bonds. The van der Waals surface area contributed by atoms with E-state index < -0.39 is 9.84 Å².